The van der Waals surface area contributed by atoms with E-state index in [1.165, 1.54) is 12.1 Å². The summed E-state index contributed by atoms with van der Waals surface area (Å²) in [6.07, 6.45) is -0.595. The quantitative estimate of drug-likeness (QED) is 0.755. The molecule has 13 heavy (non-hydrogen) atoms. The van der Waals surface area contributed by atoms with Gasteiger partial charge in [0.05, 0.1) is 11.8 Å². The van der Waals surface area contributed by atoms with Gasteiger partial charge in [-0.05, 0) is 19.1 Å². The fraction of sp³-hybridized carbons (Fsp3) is 0.333. The summed E-state index contributed by atoms with van der Waals surface area (Å²) in [7, 11) is 0. The lowest BCUT2D eigenvalue weighted by atomic mass is 10.3. The van der Waals surface area contributed by atoms with E-state index in [4.69, 9.17) is 5.11 Å². The Hall–Kier alpha value is -1.16. The van der Waals surface area contributed by atoms with Crippen LogP contribution in [0.2, 0.25) is 0 Å². The zero-order valence-corrected chi connectivity index (χ0v) is 7.22. The number of hydrogen-bond donors (Lipinski definition) is 2. The largest absolute Gasteiger partial charge is 0.392 e. The normalized spacial score (nSPS) is 12.6. The van der Waals surface area contributed by atoms with Gasteiger partial charge in [0.15, 0.2) is 11.6 Å². The van der Waals surface area contributed by atoms with Crippen molar-refractivity contribution < 1.29 is 13.9 Å². The van der Waals surface area contributed by atoms with Gasteiger partial charge in [0.25, 0.3) is 0 Å². The van der Waals surface area contributed by atoms with Crippen molar-refractivity contribution in [3.05, 3.63) is 29.8 Å². The topological polar surface area (TPSA) is 32.3 Å². The second-order valence-electron chi connectivity index (χ2n) is 2.83. The predicted octanol–water partition coefficient (Wildman–Crippen LogP) is 1.76. The van der Waals surface area contributed by atoms with Crippen LogP contribution in [0.5, 0.6) is 0 Å². The van der Waals surface area contributed by atoms with Gasteiger partial charge in [0.1, 0.15) is 0 Å². The van der Waals surface area contributed by atoms with Crippen molar-refractivity contribution >= 4 is 5.69 Å². The summed E-state index contributed by atoms with van der Waals surface area (Å²) in [5.74, 6) is -1.81. The van der Waals surface area contributed by atoms with Crippen LogP contribution in [-0.4, -0.2) is 17.8 Å². The van der Waals surface area contributed by atoms with E-state index >= 15 is 0 Å². The summed E-state index contributed by atoms with van der Waals surface area (Å²) in [5, 5.41) is 11.5. The molecule has 0 spiro atoms. The van der Waals surface area contributed by atoms with Gasteiger partial charge >= 0.3 is 0 Å². The lowest BCUT2D eigenvalue weighted by Gasteiger charge is -2.09. The number of anilines is 1. The zero-order valence-electron chi connectivity index (χ0n) is 7.22. The van der Waals surface area contributed by atoms with E-state index in [9.17, 15) is 8.78 Å². The van der Waals surface area contributed by atoms with Gasteiger partial charge in [0.2, 0.25) is 0 Å². The third kappa shape index (κ3) is 2.66. The van der Waals surface area contributed by atoms with Crippen molar-refractivity contribution in [1.82, 2.24) is 0 Å². The molecule has 1 atom stereocenters. The van der Waals surface area contributed by atoms with Gasteiger partial charge in [0, 0.05) is 6.54 Å². The van der Waals surface area contributed by atoms with Gasteiger partial charge in [-0.1, -0.05) is 6.07 Å². The van der Waals surface area contributed by atoms with E-state index in [0.717, 1.165) is 6.07 Å². The van der Waals surface area contributed by atoms with Crippen molar-refractivity contribution in [2.24, 2.45) is 0 Å². The van der Waals surface area contributed by atoms with Crippen LogP contribution in [0.1, 0.15) is 6.92 Å². The van der Waals surface area contributed by atoms with Crippen LogP contribution >= 0.6 is 0 Å². The molecule has 1 unspecified atom stereocenters. The average molecular weight is 187 g/mol. The average Bonchev–Trinajstić information content (AvgIpc) is 2.07. The number of benzene rings is 1. The highest BCUT2D eigenvalue weighted by Crippen LogP contribution is 2.16. The highest BCUT2D eigenvalue weighted by Gasteiger charge is 2.06. The second kappa shape index (κ2) is 4.18. The molecular formula is C9H11F2NO. The predicted molar refractivity (Wildman–Crippen MR) is 46.5 cm³/mol. The lowest BCUT2D eigenvalue weighted by molar-refractivity contribution is 0.208. The molecule has 0 amide bonds. The van der Waals surface area contributed by atoms with Crippen molar-refractivity contribution in [3.8, 4) is 0 Å². The van der Waals surface area contributed by atoms with E-state index < -0.39 is 17.7 Å². The minimum Gasteiger partial charge on any atom is -0.392 e. The Labute approximate surface area is 75.2 Å². The summed E-state index contributed by atoms with van der Waals surface area (Å²) in [4.78, 5) is 0. The first-order chi connectivity index (χ1) is 6.11. The van der Waals surface area contributed by atoms with Crippen LogP contribution in [0.4, 0.5) is 14.5 Å². The van der Waals surface area contributed by atoms with E-state index in [1.807, 2.05) is 0 Å². The van der Waals surface area contributed by atoms with Crippen molar-refractivity contribution in [2.45, 2.75) is 13.0 Å². The third-order valence-corrected chi connectivity index (χ3v) is 1.54. The first kappa shape index (κ1) is 9.92. The molecule has 2 nitrogen and oxygen atoms in total. The van der Waals surface area contributed by atoms with Gasteiger partial charge < -0.3 is 10.4 Å². The molecule has 1 rings (SSSR count). The Kier molecular flexibility index (Phi) is 3.19. The summed E-state index contributed by atoms with van der Waals surface area (Å²) in [6, 6.07) is 3.87. The molecular weight excluding hydrogens is 176 g/mol. The fourth-order valence-corrected chi connectivity index (χ4v) is 0.898. The maximum atomic E-state index is 12.9. The molecule has 0 saturated carbocycles. The van der Waals surface area contributed by atoms with Crippen LogP contribution in [0.3, 0.4) is 0 Å². The van der Waals surface area contributed by atoms with Gasteiger partial charge in [-0.3, -0.25) is 0 Å². The molecule has 0 radical (unpaired) electrons. The van der Waals surface area contributed by atoms with Crippen LogP contribution < -0.4 is 5.32 Å². The number of aliphatic hydroxyl groups is 1. The van der Waals surface area contributed by atoms with Crippen molar-refractivity contribution in [1.29, 1.82) is 0 Å². The number of aliphatic hydroxyl groups excluding tert-OH is 1. The van der Waals surface area contributed by atoms with Crippen LogP contribution in [0, 0.1) is 11.6 Å². The molecule has 1 aromatic carbocycles. The molecule has 0 aliphatic heterocycles. The van der Waals surface area contributed by atoms with E-state index in [2.05, 4.69) is 5.32 Å². The number of nitrogens with one attached hydrogen (secondary N) is 1. The van der Waals surface area contributed by atoms with Crippen LogP contribution in [0.25, 0.3) is 0 Å². The first-order valence-electron chi connectivity index (χ1n) is 3.97. The van der Waals surface area contributed by atoms with E-state index in [0.29, 0.717) is 0 Å². The molecule has 0 aliphatic rings. The number of rotatable bonds is 3. The number of halogens is 2. The molecule has 0 bridgehead atoms. The smallest absolute Gasteiger partial charge is 0.181 e. The Morgan fingerprint density at radius 2 is 2.15 bits per heavy atom. The highest BCUT2D eigenvalue weighted by molar-refractivity contribution is 5.44. The molecule has 0 aliphatic carbocycles. The first-order valence-corrected chi connectivity index (χ1v) is 3.97. The monoisotopic (exact) mass is 187 g/mol. The Bertz CT molecular complexity index is 289. The van der Waals surface area contributed by atoms with Gasteiger partial charge in [-0.2, -0.15) is 0 Å². The van der Waals surface area contributed by atoms with Crippen molar-refractivity contribution in [2.75, 3.05) is 11.9 Å². The summed E-state index contributed by atoms with van der Waals surface area (Å²) in [6.45, 7) is 1.75. The summed E-state index contributed by atoms with van der Waals surface area (Å²) in [5.41, 5.74) is 0.0703. The zero-order chi connectivity index (χ0) is 9.84. The third-order valence-electron chi connectivity index (χ3n) is 1.54. The second-order valence-corrected chi connectivity index (χ2v) is 2.83. The lowest BCUT2D eigenvalue weighted by Crippen LogP contribution is -2.16. The van der Waals surface area contributed by atoms with Crippen molar-refractivity contribution in [3.63, 3.8) is 0 Å². The summed E-state index contributed by atoms with van der Waals surface area (Å²) >= 11 is 0. The molecule has 1 aromatic rings. The molecule has 4 heteroatoms. The minimum atomic E-state index is -0.914. The highest BCUT2D eigenvalue weighted by atomic mass is 19.2. The van der Waals surface area contributed by atoms with Crippen LogP contribution in [0.15, 0.2) is 18.2 Å². The molecule has 0 heterocycles. The van der Waals surface area contributed by atoms with E-state index in [1.54, 1.807) is 6.92 Å². The molecule has 0 aromatic heterocycles. The maximum absolute atomic E-state index is 12.9. The Morgan fingerprint density at radius 1 is 1.46 bits per heavy atom. The minimum absolute atomic E-state index is 0.0703. The van der Waals surface area contributed by atoms with Gasteiger partial charge in [-0.15, -0.1) is 0 Å². The van der Waals surface area contributed by atoms with E-state index in [-0.39, 0.29) is 12.2 Å². The maximum Gasteiger partial charge on any atom is 0.181 e. The van der Waals surface area contributed by atoms with Gasteiger partial charge in [-0.25, -0.2) is 8.78 Å². The standard InChI is InChI=1S/C9H11F2NO/c1-6(13)5-12-8-4-2-3-7(10)9(8)11/h2-4,6,12-13H,5H2,1H3. The molecule has 0 saturated heterocycles. The SMILES string of the molecule is CC(O)CNc1cccc(F)c1F. The molecule has 0 fully saturated rings. The van der Waals surface area contributed by atoms with Crippen LogP contribution in [-0.2, 0) is 0 Å². The summed E-state index contributed by atoms with van der Waals surface area (Å²) < 4.78 is 25.6. The Balaban J connectivity index is 2.71. The number of hydrogen-bond acceptors (Lipinski definition) is 2. The molecule has 2 N–H and O–H groups in total. The fourth-order valence-electron chi connectivity index (χ4n) is 0.898. The Morgan fingerprint density at radius 3 is 2.77 bits per heavy atom. The molecule has 72 valence electrons.